The minimum absolute atomic E-state index is 0.147. The van der Waals surface area contributed by atoms with E-state index in [1.807, 2.05) is 44.4 Å². The largest absolute Gasteiger partial charge is 0.347 e. The van der Waals surface area contributed by atoms with Gasteiger partial charge in [-0.05, 0) is 82.3 Å². The predicted octanol–water partition coefficient (Wildman–Crippen LogP) is 7.90. The average Bonchev–Trinajstić information content (AvgIpc) is 3.63. The van der Waals surface area contributed by atoms with E-state index in [0.717, 1.165) is 43.5 Å². The predicted molar refractivity (Wildman–Crippen MR) is 184 cm³/mol. The lowest BCUT2D eigenvalue weighted by molar-refractivity contribution is 0.258. The maximum Gasteiger partial charge on any atom is 0.131 e. The molecule has 0 amide bonds. The minimum Gasteiger partial charge on any atom is -0.347 e. The Bertz CT molecular complexity index is 2010. The molecule has 2 aliphatic rings. The molecular weight excluding hydrogens is 557 g/mol. The van der Waals surface area contributed by atoms with Gasteiger partial charge in [0.25, 0.3) is 0 Å². The van der Waals surface area contributed by atoms with Crippen molar-refractivity contribution in [3.8, 4) is 28.3 Å². The van der Waals surface area contributed by atoms with Crippen LogP contribution in [-0.2, 0) is 25.9 Å². The van der Waals surface area contributed by atoms with Crippen molar-refractivity contribution >= 4 is 21.8 Å². The Morgan fingerprint density at radius 3 is 2.20 bits per heavy atom. The van der Waals surface area contributed by atoms with E-state index in [0.29, 0.717) is 17.2 Å². The first-order valence-corrected chi connectivity index (χ1v) is 15.6. The monoisotopic (exact) mass is 597 g/mol. The van der Waals surface area contributed by atoms with E-state index in [2.05, 4.69) is 94.4 Å². The van der Waals surface area contributed by atoms with Crippen molar-refractivity contribution in [2.45, 2.75) is 38.4 Å². The lowest BCUT2D eigenvalue weighted by atomic mass is 9.97. The van der Waals surface area contributed by atoms with Crippen molar-refractivity contribution in [3.05, 3.63) is 120 Å². The summed E-state index contributed by atoms with van der Waals surface area (Å²) in [5.74, 6) is -0.147. The average molecular weight is 598 g/mol. The van der Waals surface area contributed by atoms with E-state index in [1.54, 1.807) is 6.07 Å². The second kappa shape index (κ2) is 13.1. The standard InChI is InChI=1S/C20H19N3.C17H14FN.C2H7N/c1-22(2)17-10-16-7-4-8-18-19(13-23(12-17)20(16)18)15-6-3-5-14(9-15)11-21;18-16-9-2-1-7-13(16)15-11-19-10-4-6-12-5-3-8-14(15)17(12)19;1-3-2/h3-9,13,17H,10,12H2,1-2H3;1-3,5,7-9,11H,4,6,10H2;3H,1-2H3. The second-order valence-corrected chi connectivity index (χ2v) is 12.2. The molecule has 228 valence electrons. The Morgan fingerprint density at radius 1 is 0.800 bits per heavy atom. The molecule has 6 heteroatoms. The second-order valence-electron chi connectivity index (χ2n) is 12.2. The van der Waals surface area contributed by atoms with E-state index in [-0.39, 0.29) is 5.82 Å². The lowest BCUT2D eigenvalue weighted by Gasteiger charge is -2.29. The first-order chi connectivity index (χ1) is 21.9. The molecule has 0 radical (unpaired) electrons. The fourth-order valence-electron chi connectivity index (χ4n) is 6.77. The van der Waals surface area contributed by atoms with Gasteiger partial charge in [0.15, 0.2) is 0 Å². The summed E-state index contributed by atoms with van der Waals surface area (Å²) in [5.41, 5.74) is 10.2. The molecular formula is C39H40FN5. The van der Waals surface area contributed by atoms with Gasteiger partial charge in [-0.2, -0.15) is 5.26 Å². The third-order valence-electron chi connectivity index (χ3n) is 8.87. The maximum atomic E-state index is 14.0. The van der Waals surface area contributed by atoms with Crippen LogP contribution in [-0.4, -0.2) is 48.3 Å². The summed E-state index contributed by atoms with van der Waals surface area (Å²) in [7, 11) is 8.05. The number of benzene rings is 4. The number of likely N-dealkylation sites (N-methyl/N-ethyl adjacent to an activating group) is 1. The van der Waals surface area contributed by atoms with Crippen molar-refractivity contribution < 1.29 is 4.39 Å². The van der Waals surface area contributed by atoms with Crippen LogP contribution in [0, 0.1) is 17.1 Å². The van der Waals surface area contributed by atoms with Gasteiger partial charge in [-0.3, -0.25) is 0 Å². The van der Waals surface area contributed by atoms with Crippen LogP contribution in [0.25, 0.3) is 44.1 Å². The number of nitrogens with one attached hydrogen (secondary N) is 1. The summed E-state index contributed by atoms with van der Waals surface area (Å²) in [6.45, 7) is 2.04. The van der Waals surface area contributed by atoms with E-state index in [9.17, 15) is 4.39 Å². The molecule has 4 aromatic carbocycles. The Morgan fingerprint density at radius 2 is 1.47 bits per heavy atom. The summed E-state index contributed by atoms with van der Waals surface area (Å²) < 4.78 is 18.7. The first kappa shape index (κ1) is 30.3. The van der Waals surface area contributed by atoms with Gasteiger partial charge in [0.05, 0.1) is 22.7 Å². The van der Waals surface area contributed by atoms with Crippen LogP contribution < -0.4 is 5.32 Å². The quantitative estimate of drug-likeness (QED) is 0.226. The molecule has 0 aliphatic carbocycles. The molecule has 1 unspecified atom stereocenters. The van der Waals surface area contributed by atoms with Crippen LogP contribution in [0.2, 0.25) is 0 Å². The highest BCUT2D eigenvalue weighted by Gasteiger charge is 2.24. The van der Waals surface area contributed by atoms with Crippen LogP contribution in [0.3, 0.4) is 0 Å². The Balaban J connectivity index is 0.000000148. The molecule has 4 heterocycles. The molecule has 0 saturated heterocycles. The van der Waals surface area contributed by atoms with E-state index in [1.165, 1.54) is 44.6 Å². The Labute approximate surface area is 265 Å². The van der Waals surface area contributed by atoms with Crippen LogP contribution in [0.5, 0.6) is 0 Å². The van der Waals surface area contributed by atoms with Gasteiger partial charge in [-0.15, -0.1) is 0 Å². The van der Waals surface area contributed by atoms with Crippen LogP contribution in [0.1, 0.15) is 23.1 Å². The normalized spacial score (nSPS) is 14.8. The smallest absolute Gasteiger partial charge is 0.131 e. The van der Waals surface area contributed by atoms with Crippen molar-refractivity contribution in [1.82, 2.24) is 19.4 Å². The zero-order valence-electron chi connectivity index (χ0n) is 26.5. The number of aromatic nitrogens is 2. The molecule has 1 N–H and O–H groups in total. The topological polar surface area (TPSA) is 48.9 Å². The van der Waals surface area contributed by atoms with Crippen molar-refractivity contribution in [1.29, 1.82) is 5.26 Å². The van der Waals surface area contributed by atoms with Crippen LogP contribution in [0.4, 0.5) is 4.39 Å². The molecule has 0 fully saturated rings. The molecule has 6 aromatic rings. The van der Waals surface area contributed by atoms with Crippen molar-refractivity contribution in [3.63, 3.8) is 0 Å². The third kappa shape index (κ3) is 5.90. The molecule has 8 rings (SSSR count). The maximum absolute atomic E-state index is 14.0. The van der Waals surface area contributed by atoms with Gasteiger partial charge in [-0.1, -0.05) is 66.7 Å². The zero-order chi connectivity index (χ0) is 31.5. The highest BCUT2D eigenvalue weighted by molar-refractivity contribution is 5.99. The number of rotatable bonds is 3. The number of nitrogens with zero attached hydrogens (tertiary/aromatic N) is 4. The van der Waals surface area contributed by atoms with E-state index in [4.69, 9.17) is 5.26 Å². The SMILES string of the molecule is CN(C)C1Cc2cccc3c(-c4cccc(C#N)c4)cn(c23)C1.CNC.Fc1ccccc1-c1cn2c3c(cccc13)CCC2. The molecule has 0 bridgehead atoms. The number of halogens is 1. The van der Waals surface area contributed by atoms with Gasteiger partial charge in [0.1, 0.15) is 5.82 Å². The number of nitriles is 1. The van der Waals surface area contributed by atoms with E-state index >= 15 is 0 Å². The summed E-state index contributed by atoms with van der Waals surface area (Å²) in [4.78, 5) is 2.30. The third-order valence-corrected chi connectivity index (χ3v) is 8.87. The fourth-order valence-corrected chi connectivity index (χ4v) is 6.77. The molecule has 2 aliphatic heterocycles. The molecule has 45 heavy (non-hydrogen) atoms. The minimum atomic E-state index is -0.147. The molecule has 0 spiro atoms. The van der Waals surface area contributed by atoms with Gasteiger partial charge in [0, 0.05) is 59.0 Å². The molecule has 0 saturated carbocycles. The Hall–Kier alpha value is -4.70. The highest BCUT2D eigenvalue weighted by Crippen LogP contribution is 2.37. The van der Waals surface area contributed by atoms with Gasteiger partial charge in [-0.25, -0.2) is 4.39 Å². The number of hydrogen-bond acceptors (Lipinski definition) is 3. The number of aryl methyl sites for hydroxylation is 2. The first-order valence-electron chi connectivity index (χ1n) is 15.6. The number of hydrogen-bond donors (Lipinski definition) is 1. The molecule has 5 nitrogen and oxygen atoms in total. The van der Waals surface area contributed by atoms with Crippen LogP contribution >= 0.6 is 0 Å². The Kier molecular flexibility index (Phi) is 8.84. The van der Waals surface area contributed by atoms with Crippen molar-refractivity contribution in [2.75, 3.05) is 28.2 Å². The fraction of sp³-hybridized carbons (Fsp3) is 0.256. The highest BCUT2D eigenvalue weighted by atomic mass is 19.1. The summed E-state index contributed by atoms with van der Waals surface area (Å²) in [6.07, 6.45) is 7.73. The van der Waals surface area contributed by atoms with Gasteiger partial charge in [0.2, 0.25) is 0 Å². The summed E-state index contributed by atoms with van der Waals surface area (Å²) >= 11 is 0. The summed E-state index contributed by atoms with van der Waals surface area (Å²) in [5, 5.41) is 14.4. The molecule has 2 aromatic heterocycles. The van der Waals surface area contributed by atoms with Gasteiger partial charge < -0.3 is 19.4 Å². The summed E-state index contributed by atoms with van der Waals surface area (Å²) in [6, 6.07) is 30.6. The van der Waals surface area contributed by atoms with E-state index < -0.39 is 0 Å². The van der Waals surface area contributed by atoms with Crippen LogP contribution in [0.15, 0.2) is 97.3 Å². The zero-order valence-corrected chi connectivity index (χ0v) is 26.5. The molecule has 1 atom stereocenters. The lowest BCUT2D eigenvalue weighted by Crippen LogP contribution is -2.36. The van der Waals surface area contributed by atoms with Crippen molar-refractivity contribution in [2.24, 2.45) is 0 Å². The number of para-hydroxylation sites is 2. The van der Waals surface area contributed by atoms with Gasteiger partial charge >= 0.3 is 0 Å².